The van der Waals surface area contributed by atoms with Crippen LogP contribution in [0.4, 0.5) is 8.78 Å². The molecule has 2 rings (SSSR count). The summed E-state index contributed by atoms with van der Waals surface area (Å²) in [5, 5.41) is 0. The van der Waals surface area contributed by atoms with Crippen molar-refractivity contribution in [1.82, 2.24) is 0 Å². The minimum atomic E-state index is -2.78. The van der Waals surface area contributed by atoms with Crippen molar-refractivity contribution >= 4 is 0 Å². The molecule has 4 heteroatoms. The maximum absolute atomic E-state index is 12.1. The van der Waals surface area contributed by atoms with E-state index in [1.54, 1.807) is 12.1 Å². The van der Waals surface area contributed by atoms with Crippen LogP contribution in [-0.2, 0) is 0 Å². The van der Waals surface area contributed by atoms with E-state index in [0.29, 0.717) is 11.8 Å². The van der Waals surface area contributed by atoms with Crippen LogP contribution in [0.15, 0.2) is 24.3 Å². The zero-order valence-corrected chi connectivity index (χ0v) is 11.9. The molecule has 0 heterocycles. The molecule has 2 N–H and O–H groups in total. The molecule has 1 aromatic rings. The standard InChI is InChI=1S/C16H23F2NO/c1-2-11-5-3-4-6-14(11)15(19)12-7-9-13(10-8-12)20-16(17)18/h7-11,14-16H,2-6,19H2,1H3. The molecule has 0 saturated heterocycles. The Labute approximate surface area is 119 Å². The number of rotatable bonds is 5. The average molecular weight is 283 g/mol. The largest absolute Gasteiger partial charge is 0.435 e. The van der Waals surface area contributed by atoms with Crippen molar-refractivity contribution < 1.29 is 13.5 Å². The molecule has 0 bridgehead atoms. The van der Waals surface area contributed by atoms with Crippen molar-refractivity contribution in [3.8, 4) is 5.75 Å². The Morgan fingerprint density at radius 2 is 1.85 bits per heavy atom. The van der Waals surface area contributed by atoms with E-state index in [9.17, 15) is 8.78 Å². The van der Waals surface area contributed by atoms with Gasteiger partial charge < -0.3 is 10.5 Å². The fourth-order valence-electron chi connectivity index (χ4n) is 3.33. The molecule has 1 fully saturated rings. The van der Waals surface area contributed by atoms with Gasteiger partial charge >= 0.3 is 6.61 Å². The molecule has 1 saturated carbocycles. The summed E-state index contributed by atoms with van der Waals surface area (Å²) >= 11 is 0. The number of nitrogens with two attached hydrogens (primary N) is 1. The molecule has 0 spiro atoms. The Morgan fingerprint density at radius 1 is 1.20 bits per heavy atom. The smallest absolute Gasteiger partial charge is 0.387 e. The van der Waals surface area contributed by atoms with Gasteiger partial charge in [-0.25, -0.2) is 0 Å². The predicted octanol–water partition coefficient (Wildman–Crippen LogP) is 4.50. The van der Waals surface area contributed by atoms with Crippen LogP contribution in [0.3, 0.4) is 0 Å². The topological polar surface area (TPSA) is 35.2 Å². The van der Waals surface area contributed by atoms with E-state index in [4.69, 9.17) is 5.73 Å². The van der Waals surface area contributed by atoms with Gasteiger partial charge in [-0.2, -0.15) is 8.78 Å². The highest BCUT2D eigenvalue weighted by molar-refractivity contribution is 5.29. The zero-order valence-electron chi connectivity index (χ0n) is 11.9. The second kappa shape index (κ2) is 7.02. The van der Waals surface area contributed by atoms with E-state index in [2.05, 4.69) is 11.7 Å². The van der Waals surface area contributed by atoms with Gasteiger partial charge in [0.05, 0.1) is 0 Å². The van der Waals surface area contributed by atoms with Crippen LogP contribution in [0.1, 0.15) is 50.6 Å². The minimum Gasteiger partial charge on any atom is -0.435 e. The van der Waals surface area contributed by atoms with Crippen LogP contribution in [-0.4, -0.2) is 6.61 Å². The summed E-state index contributed by atoms with van der Waals surface area (Å²) in [6.45, 7) is -0.563. The Hall–Kier alpha value is -1.16. The molecule has 1 aliphatic rings. The number of halogens is 2. The SMILES string of the molecule is CCC1CCCCC1C(N)c1ccc(OC(F)F)cc1. The van der Waals surface area contributed by atoms with Crippen molar-refractivity contribution in [2.45, 2.75) is 51.7 Å². The fraction of sp³-hybridized carbons (Fsp3) is 0.625. The van der Waals surface area contributed by atoms with Crippen molar-refractivity contribution in [2.75, 3.05) is 0 Å². The Morgan fingerprint density at radius 3 is 2.45 bits per heavy atom. The summed E-state index contributed by atoms with van der Waals surface area (Å²) in [6.07, 6.45) is 6.10. The maximum Gasteiger partial charge on any atom is 0.387 e. The molecule has 0 amide bonds. The van der Waals surface area contributed by atoms with Gasteiger partial charge in [-0.15, -0.1) is 0 Å². The van der Waals surface area contributed by atoms with Gasteiger partial charge in [0.2, 0.25) is 0 Å². The van der Waals surface area contributed by atoms with Gasteiger partial charge in [0, 0.05) is 6.04 Å². The van der Waals surface area contributed by atoms with Crippen LogP contribution < -0.4 is 10.5 Å². The molecule has 3 unspecified atom stereocenters. The Balaban J connectivity index is 2.05. The molecule has 3 atom stereocenters. The summed E-state index contributed by atoms with van der Waals surface area (Å²) < 4.78 is 28.6. The molecule has 2 nitrogen and oxygen atoms in total. The third kappa shape index (κ3) is 3.69. The summed E-state index contributed by atoms with van der Waals surface area (Å²) in [5.74, 6) is 1.36. The third-order valence-corrected chi connectivity index (χ3v) is 4.44. The van der Waals surface area contributed by atoms with Gasteiger partial charge in [-0.3, -0.25) is 0 Å². The van der Waals surface area contributed by atoms with Crippen LogP contribution >= 0.6 is 0 Å². The molecule has 0 radical (unpaired) electrons. The summed E-state index contributed by atoms with van der Waals surface area (Å²) in [5.41, 5.74) is 7.41. The molecule has 0 aliphatic heterocycles. The van der Waals surface area contributed by atoms with Crippen LogP contribution in [0, 0.1) is 11.8 Å². The lowest BCUT2D eigenvalue weighted by Gasteiger charge is -2.35. The van der Waals surface area contributed by atoms with Crippen molar-refractivity contribution in [1.29, 1.82) is 0 Å². The van der Waals surface area contributed by atoms with Crippen molar-refractivity contribution in [2.24, 2.45) is 17.6 Å². The van der Waals surface area contributed by atoms with Crippen LogP contribution in [0.5, 0.6) is 5.75 Å². The summed E-state index contributed by atoms with van der Waals surface area (Å²) in [4.78, 5) is 0. The number of benzene rings is 1. The molecule has 1 aromatic carbocycles. The maximum atomic E-state index is 12.1. The van der Waals surface area contributed by atoms with Gasteiger partial charge in [0.25, 0.3) is 0 Å². The quantitative estimate of drug-likeness (QED) is 0.863. The highest BCUT2D eigenvalue weighted by atomic mass is 19.3. The first-order valence-electron chi connectivity index (χ1n) is 7.42. The van der Waals surface area contributed by atoms with Crippen LogP contribution in [0.2, 0.25) is 0 Å². The Kier molecular flexibility index (Phi) is 5.35. The molecule has 0 aromatic heterocycles. The molecular formula is C16H23F2NO. The number of hydrogen-bond acceptors (Lipinski definition) is 2. The monoisotopic (exact) mass is 283 g/mol. The first kappa shape index (κ1) is 15.2. The lowest BCUT2D eigenvalue weighted by Crippen LogP contribution is -2.30. The normalized spacial score (nSPS) is 24.6. The molecular weight excluding hydrogens is 260 g/mol. The lowest BCUT2D eigenvalue weighted by atomic mass is 9.73. The summed E-state index contributed by atoms with van der Waals surface area (Å²) in [6, 6.07) is 6.75. The number of ether oxygens (including phenoxy) is 1. The fourth-order valence-corrected chi connectivity index (χ4v) is 3.33. The predicted molar refractivity (Wildman–Crippen MR) is 75.7 cm³/mol. The lowest BCUT2D eigenvalue weighted by molar-refractivity contribution is -0.0498. The number of hydrogen-bond donors (Lipinski definition) is 1. The van der Waals surface area contributed by atoms with E-state index in [1.165, 1.54) is 19.3 Å². The van der Waals surface area contributed by atoms with Crippen molar-refractivity contribution in [3.05, 3.63) is 29.8 Å². The first-order valence-corrected chi connectivity index (χ1v) is 7.42. The minimum absolute atomic E-state index is 0.0131. The number of alkyl halides is 2. The van der Waals surface area contributed by atoms with Gasteiger partial charge in [-0.05, 0) is 36.0 Å². The van der Waals surface area contributed by atoms with Crippen LogP contribution in [0.25, 0.3) is 0 Å². The van der Waals surface area contributed by atoms with E-state index in [-0.39, 0.29) is 11.8 Å². The van der Waals surface area contributed by atoms with E-state index in [0.717, 1.165) is 18.4 Å². The van der Waals surface area contributed by atoms with E-state index in [1.807, 2.05) is 12.1 Å². The van der Waals surface area contributed by atoms with Gasteiger partial charge in [0.1, 0.15) is 5.75 Å². The van der Waals surface area contributed by atoms with E-state index >= 15 is 0 Å². The average Bonchev–Trinajstić information content (AvgIpc) is 2.46. The third-order valence-electron chi connectivity index (χ3n) is 4.44. The highest BCUT2D eigenvalue weighted by Crippen LogP contribution is 2.39. The van der Waals surface area contributed by atoms with E-state index < -0.39 is 6.61 Å². The van der Waals surface area contributed by atoms with Gasteiger partial charge in [0.15, 0.2) is 0 Å². The molecule has 1 aliphatic carbocycles. The second-order valence-corrected chi connectivity index (χ2v) is 5.59. The van der Waals surface area contributed by atoms with Crippen molar-refractivity contribution in [3.63, 3.8) is 0 Å². The second-order valence-electron chi connectivity index (χ2n) is 5.59. The van der Waals surface area contributed by atoms with Gasteiger partial charge in [-0.1, -0.05) is 44.7 Å². The summed E-state index contributed by atoms with van der Waals surface area (Å²) in [7, 11) is 0. The highest BCUT2D eigenvalue weighted by Gasteiger charge is 2.29. The zero-order chi connectivity index (χ0) is 14.5. The first-order chi connectivity index (χ1) is 9.61. The molecule has 112 valence electrons. The Bertz CT molecular complexity index is 407. The molecule has 20 heavy (non-hydrogen) atoms.